The van der Waals surface area contributed by atoms with E-state index in [4.69, 9.17) is 0 Å². The van der Waals surface area contributed by atoms with Crippen LogP contribution in [0.25, 0.3) is 11.0 Å². The van der Waals surface area contributed by atoms with Crippen molar-refractivity contribution >= 4 is 16.9 Å². The van der Waals surface area contributed by atoms with E-state index >= 15 is 0 Å². The number of hydrogen-bond acceptors (Lipinski definition) is 2. The molecule has 1 aliphatic carbocycles. The first-order chi connectivity index (χ1) is 12.0. The third-order valence-electron chi connectivity index (χ3n) is 4.77. The van der Waals surface area contributed by atoms with Gasteiger partial charge in [-0.15, -0.1) is 0 Å². The van der Waals surface area contributed by atoms with Crippen LogP contribution in [0.15, 0.2) is 53.3 Å². The normalized spacial score (nSPS) is 19.1. The van der Waals surface area contributed by atoms with Gasteiger partial charge in [0.1, 0.15) is 12.4 Å². The molecule has 1 heterocycles. The van der Waals surface area contributed by atoms with Crippen LogP contribution in [0.3, 0.4) is 0 Å². The highest BCUT2D eigenvalue weighted by atomic mass is 19.1. The second-order valence-electron chi connectivity index (χ2n) is 6.49. The highest BCUT2D eigenvalue weighted by molar-refractivity contribution is 5.81. The molecule has 2 atom stereocenters. The molecule has 4 rings (SSSR count). The lowest BCUT2D eigenvalue weighted by Crippen LogP contribution is -2.34. The molecule has 0 bridgehead atoms. The molecule has 0 unspecified atom stereocenters. The molecule has 5 nitrogen and oxygen atoms in total. The molecule has 1 N–H and O–H groups in total. The van der Waals surface area contributed by atoms with Crippen LogP contribution in [0.4, 0.5) is 4.39 Å². The largest absolute Gasteiger partial charge is 0.351 e. The van der Waals surface area contributed by atoms with Gasteiger partial charge in [0.15, 0.2) is 0 Å². The summed E-state index contributed by atoms with van der Waals surface area (Å²) in [5.74, 6) is -0.331. The Hall–Kier alpha value is -2.89. The van der Waals surface area contributed by atoms with Gasteiger partial charge in [-0.05, 0) is 36.2 Å². The molecule has 1 fully saturated rings. The number of fused-ring (bicyclic) bond motifs is 1. The van der Waals surface area contributed by atoms with Crippen LogP contribution in [0.2, 0.25) is 0 Å². The highest BCUT2D eigenvalue weighted by Gasteiger charge is 2.39. The molecule has 0 aliphatic heterocycles. The Labute approximate surface area is 143 Å². The van der Waals surface area contributed by atoms with Crippen molar-refractivity contribution in [3.8, 4) is 0 Å². The maximum atomic E-state index is 13.3. The summed E-state index contributed by atoms with van der Waals surface area (Å²) in [6.07, 6.45) is 0.791. The Kier molecular flexibility index (Phi) is 3.67. The standard InChI is InChI=1S/C19H18FN3O2/c1-22-16-7-2-3-8-17(16)23(19(22)25)11-18(24)21-15-10-14(15)12-5-4-6-13(20)9-12/h2-9,14-15H,10-11H2,1H3,(H,21,24)/t14-,15-/m1/s1. The predicted octanol–water partition coefficient (Wildman–Crippen LogP) is 2.15. The van der Waals surface area contributed by atoms with Crippen molar-refractivity contribution in [2.24, 2.45) is 7.05 Å². The second kappa shape index (κ2) is 5.88. The summed E-state index contributed by atoms with van der Waals surface area (Å²) in [6, 6.07) is 13.9. The van der Waals surface area contributed by atoms with Crippen LogP contribution in [-0.2, 0) is 18.4 Å². The molecule has 3 aromatic rings. The number of imidazole rings is 1. The zero-order chi connectivity index (χ0) is 17.6. The third-order valence-corrected chi connectivity index (χ3v) is 4.77. The predicted molar refractivity (Wildman–Crippen MR) is 92.9 cm³/mol. The van der Waals surface area contributed by atoms with Gasteiger partial charge in [0.2, 0.25) is 5.91 Å². The van der Waals surface area contributed by atoms with Crippen molar-refractivity contribution in [2.75, 3.05) is 0 Å². The van der Waals surface area contributed by atoms with Crippen LogP contribution in [-0.4, -0.2) is 21.1 Å². The van der Waals surface area contributed by atoms with Crippen LogP contribution in [0.1, 0.15) is 17.9 Å². The number of halogens is 1. The van der Waals surface area contributed by atoms with Crippen molar-refractivity contribution in [2.45, 2.75) is 24.9 Å². The van der Waals surface area contributed by atoms with Gasteiger partial charge in [-0.3, -0.25) is 13.9 Å². The van der Waals surface area contributed by atoms with Gasteiger partial charge in [-0.1, -0.05) is 24.3 Å². The molecule has 2 aromatic carbocycles. The fourth-order valence-corrected chi connectivity index (χ4v) is 3.37. The first kappa shape index (κ1) is 15.6. The minimum atomic E-state index is -0.267. The van der Waals surface area contributed by atoms with Crippen molar-refractivity contribution in [3.05, 3.63) is 70.4 Å². The Morgan fingerprint density at radius 2 is 1.96 bits per heavy atom. The number of aromatic nitrogens is 2. The maximum Gasteiger partial charge on any atom is 0.329 e. The lowest BCUT2D eigenvalue weighted by atomic mass is 10.1. The maximum absolute atomic E-state index is 13.3. The quantitative estimate of drug-likeness (QED) is 0.792. The number of nitrogens with zero attached hydrogens (tertiary/aromatic N) is 2. The number of rotatable bonds is 4. The summed E-state index contributed by atoms with van der Waals surface area (Å²) < 4.78 is 16.3. The van der Waals surface area contributed by atoms with Crippen molar-refractivity contribution in [1.82, 2.24) is 14.5 Å². The van der Waals surface area contributed by atoms with E-state index in [1.54, 1.807) is 13.1 Å². The first-order valence-corrected chi connectivity index (χ1v) is 8.23. The molecule has 25 heavy (non-hydrogen) atoms. The molecular weight excluding hydrogens is 321 g/mol. The van der Waals surface area contributed by atoms with Gasteiger partial charge in [0.05, 0.1) is 11.0 Å². The van der Waals surface area contributed by atoms with E-state index in [0.717, 1.165) is 23.0 Å². The molecule has 1 aliphatic rings. The lowest BCUT2D eigenvalue weighted by molar-refractivity contribution is -0.121. The number of carbonyl (C=O) groups is 1. The average Bonchev–Trinajstić information content (AvgIpc) is 3.33. The zero-order valence-electron chi connectivity index (χ0n) is 13.8. The summed E-state index contributed by atoms with van der Waals surface area (Å²) in [4.78, 5) is 24.7. The van der Waals surface area contributed by atoms with E-state index in [-0.39, 0.29) is 35.9 Å². The molecule has 0 spiro atoms. The summed E-state index contributed by atoms with van der Waals surface area (Å²) >= 11 is 0. The monoisotopic (exact) mass is 339 g/mol. The van der Waals surface area contributed by atoms with Gasteiger partial charge in [-0.2, -0.15) is 0 Å². The summed E-state index contributed by atoms with van der Waals surface area (Å²) in [5, 5.41) is 2.94. The van der Waals surface area contributed by atoms with Crippen LogP contribution < -0.4 is 11.0 Å². The van der Waals surface area contributed by atoms with Crippen molar-refractivity contribution in [1.29, 1.82) is 0 Å². The van der Waals surface area contributed by atoms with Crippen molar-refractivity contribution in [3.63, 3.8) is 0 Å². The molecule has 0 radical (unpaired) electrons. The summed E-state index contributed by atoms with van der Waals surface area (Å²) in [7, 11) is 1.69. The Morgan fingerprint density at radius 3 is 2.72 bits per heavy atom. The van der Waals surface area contributed by atoms with E-state index in [1.165, 1.54) is 21.3 Å². The number of amides is 1. The summed E-state index contributed by atoms with van der Waals surface area (Å²) in [6.45, 7) is -0.0213. The van der Waals surface area contributed by atoms with Gasteiger partial charge in [0.25, 0.3) is 0 Å². The minimum Gasteiger partial charge on any atom is -0.351 e. The zero-order valence-corrected chi connectivity index (χ0v) is 13.8. The van der Waals surface area contributed by atoms with Gasteiger partial charge < -0.3 is 5.32 Å². The van der Waals surface area contributed by atoms with Gasteiger partial charge in [0, 0.05) is 19.0 Å². The van der Waals surface area contributed by atoms with Crippen LogP contribution >= 0.6 is 0 Å². The molecular formula is C19H18FN3O2. The number of carbonyl (C=O) groups excluding carboxylic acids is 1. The van der Waals surface area contributed by atoms with E-state index in [0.29, 0.717) is 0 Å². The van der Waals surface area contributed by atoms with Gasteiger partial charge in [-0.25, -0.2) is 9.18 Å². The molecule has 1 amide bonds. The fourth-order valence-electron chi connectivity index (χ4n) is 3.37. The fraction of sp³-hybridized carbons (Fsp3) is 0.263. The van der Waals surface area contributed by atoms with Crippen molar-refractivity contribution < 1.29 is 9.18 Å². The van der Waals surface area contributed by atoms with E-state index < -0.39 is 0 Å². The first-order valence-electron chi connectivity index (χ1n) is 8.23. The summed E-state index contributed by atoms with van der Waals surface area (Å²) in [5.41, 5.74) is 2.22. The topological polar surface area (TPSA) is 56.0 Å². The van der Waals surface area contributed by atoms with Crippen LogP contribution in [0, 0.1) is 5.82 Å². The SMILES string of the molecule is Cn1c(=O)n(CC(=O)N[C@@H]2C[C@@H]2c2cccc(F)c2)c2ccccc21. The highest BCUT2D eigenvalue weighted by Crippen LogP contribution is 2.40. The number of aryl methyl sites for hydroxylation is 1. The molecule has 1 saturated carbocycles. The van der Waals surface area contributed by atoms with Crippen LogP contribution in [0.5, 0.6) is 0 Å². The smallest absolute Gasteiger partial charge is 0.329 e. The minimum absolute atomic E-state index is 0.0000199. The molecule has 128 valence electrons. The number of benzene rings is 2. The molecule has 6 heteroatoms. The van der Waals surface area contributed by atoms with E-state index in [9.17, 15) is 14.0 Å². The Morgan fingerprint density at radius 1 is 1.20 bits per heavy atom. The Balaban J connectivity index is 1.48. The third kappa shape index (κ3) is 2.84. The number of hydrogen-bond donors (Lipinski definition) is 1. The van der Waals surface area contributed by atoms with E-state index in [2.05, 4.69) is 5.32 Å². The van der Waals surface area contributed by atoms with E-state index in [1.807, 2.05) is 30.3 Å². The lowest BCUT2D eigenvalue weighted by Gasteiger charge is -2.06. The second-order valence-corrected chi connectivity index (χ2v) is 6.49. The molecule has 1 aromatic heterocycles. The molecule has 0 saturated heterocycles. The van der Waals surface area contributed by atoms with Gasteiger partial charge >= 0.3 is 5.69 Å². The number of para-hydroxylation sites is 2. The average molecular weight is 339 g/mol. The number of nitrogens with one attached hydrogen (secondary N) is 1. The Bertz CT molecular complexity index is 1020.